The number of likely N-dealkylation sites (tertiary alicyclic amines) is 1. The third kappa shape index (κ3) is 4.52. The van der Waals surface area contributed by atoms with Crippen molar-refractivity contribution >= 4 is 5.91 Å². The normalized spacial score (nSPS) is 14.7. The fourth-order valence-corrected chi connectivity index (χ4v) is 5.45. The molecule has 3 aromatic carbocycles. The highest BCUT2D eigenvalue weighted by atomic mass is 16.2. The highest BCUT2D eigenvalue weighted by Gasteiger charge is 2.38. The van der Waals surface area contributed by atoms with E-state index >= 15 is 0 Å². The van der Waals surface area contributed by atoms with Gasteiger partial charge in [-0.1, -0.05) is 91.0 Å². The van der Waals surface area contributed by atoms with Gasteiger partial charge in [0.15, 0.2) is 0 Å². The Labute approximate surface area is 207 Å². The Bertz CT molecular complexity index is 1130. The smallest absolute Gasteiger partial charge is 0.236 e. The van der Waals surface area contributed by atoms with Crippen LogP contribution in [0.3, 0.4) is 0 Å². The molecule has 0 spiro atoms. The maximum Gasteiger partial charge on any atom is 0.236 e. The van der Waals surface area contributed by atoms with Crippen LogP contribution in [-0.2, 0) is 16.8 Å². The van der Waals surface area contributed by atoms with Crippen molar-refractivity contribution in [2.45, 2.75) is 24.8 Å². The molecule has 5 rings (SSSR count). The molecule has 0 aliphatic carbocycles. The van der Waals surface area contributed by atoms with Crippen LogP contribution in [0.25, 0.3) is 0 Å². The summed E-state index contributed by atoms with van der Waals surface area (Å²) < 4.78 is 2.27. The average molecular weight is 465 g/mol. The van der Waals surface area contributed by atoms with E-state index in [0.29, 0.717) is 5.92 Å². The number of hydrogen-bond donors (Lipinski definition) is 1. The third-order valence-corrected chi connectivity index (χ3v) is 7.24. The Hall–Kier alpha value is -3.70. The molecular weight excluding hydrogens is 432 g/mol. The van der Waals surface area contributed by atoms with E-state index in [4.69, 9.17) is 10.7 Å². The summed E-state index contributed by atoms with van der Waals surface area (Å²) in [4.78, 5) is 18.7. The Kier molecular flexibility index (Phi) is 6.77. The second-order valence-electron chi connectivity index (χ2n) is 9.31. The van der Waals surface area contributed by atoms with Crippen LogP contribution in [0.5, 0.6) is 0 Å². The van der Waals surface area contributed by atoms with Crippen LogP contribution >= 0.6 is 0 Å². The minimum Gasteiger partial charge on any atom is -0.342 e. The van der Waals surface area contributed by atoms with Gasteiger partial charge in [0.25, 0.3) is 0 Å². The Morgan fingerprint density at radius 1 is 0.829 bits per heavy atom. The zero-order chi connectivity index (χ0) is 24.1. The maximum absolute atomic E-state index is 11.9. The molecule has 0 radical (unpaired) electrons. The largest absolute Gasteiger partial charge is 0.342 e. The summed E-state index contributed by atoms with van der Waals surface area (Å²) in [6.45, 7) is 1.66. The summed E-state index contributed by atoms with van der Waals surface area (Å²) in [6.07, 6.45) is 7.07. The Morgan fingerprint density at radius 2 is 1.31 bits per heavy atom. The number of nitrogens with two attached hydrogens (primary N) is 1. The van der Waals surface area contributed by atoms with E-state index in [1.54, 1.807) is 0 Å². The molecule has 0 atom stereocenters. The fourth-order valence-electron chi connectivity index (χ4n) is 5.45. The third-order valence-electron chi connectivity index (χ3n) is 7.24. The van der Waals surface area contributed by atoms with Crippen molar-refractivity contribution in [1.82, 2.24) is 14.5 Å². The first-order chi connectivity index (χ1) is 17.2. The van der Waals surface area contributed by atoms with Crippen molar-refractivity contribution in [3.8, 4) is 0 Å². The van der Waals surface area contributed by atoms with Crippen LogP contribution in [-0.4, -0.2) is 40.0 Å². The van der Waals surface area contributed by atoms with Gasteiger partial charge in [0.1, 0.15) is 5.54 Å². The van der Waals surface area contributed by atoms with Gasteiger partial charge in [-0.2, -0.15) is 0 Å². The summed E-state index contributed by atoms with van der Waals surface area (Å²) in [6, 6.07) is 32.0. The summed E-state index contributed by atoms with van der Waals surface area (Å²) in [5.74, 6) is 0.561. The molecule has 1 amide bonds. The van der Waals surface area contributed by atoms with Gasteiger partial charge in [0.05, 0.1) is 18.6 Å². The van der Waals surface area contributed by atoms with Crippen LogP contribution in [0.15, 0.2) is 104 Å². The van der Waals surface area contributed by atoms with E-state index < -0.39 is 5.54 Å². The van der Waals surface area contributed by atoms with Gasteiger partial charge < -0.3 is 15.2 Å². The number of piperidine rings is 1. The molecule has 178 valence electrons. The molecule has 2 heterocycles. The molecule has 0 unspecified atom stereocenters. The van der Waals surface area contributed by atoms with Crippen molar-refractivity contribution in [2.24, 2.45) is 11.7 Å². The van der Waals surface area contributed by atoms with E-state index in [1.807, 2.05) is 11.2 Å². The van der Waals surface area contributed by atoms with Crippen molar-refractivity contribution in [2.75, 3.05) is 19.6 Å². The minimum atomic E-state index is -0.536. The molecule has 1 saturated heterocycles. The van der Waals surface area contributed by atoms with E-state index in [0.717, 1.165) is 38.0 Å². The zero-order valence-electron chi connectivity index (χ0n) is 20.0. The molecule has 5 heteroatoms. The van der Waals surface area contributed by atoms with E-state index in [-0.39, 0.29) is 12.5 Å². The van der Waals surface area contributed by atoms with Crippen LogP contribution in [0.1, 0.15) is 35.2 Å². The van der Waals surface area contributed by atoms with Crippen molar-refractivity contribution in [3.63, 3.8) is 0 Å². The topological polar surface area (TPSA) is 64.2 Å². The lowest BCUT2D eigenvalue weighted by Gasteiger charge is -2.37. The van der Waals surface area contributed by atoms with Crippen LogP contribution < -0.4 is 5.73 Å². The number of amides is 1. The predicted molar refractivity (Wildman–Crippen MR) is 139 cm³/mol. The lowest BCUT2D eigenvalue weighted by Crippen LogP contribution is -2.42. The lowest BCUT2D eigenvalue weighted by atomic mass is 9.76. The fraction of sp³-hybridized carbons (Fsp3) is 0.267. The molecule has 1 aliphatic heterocycles. The standard InChI is InChI=1S/C30H32N4O/c31-21-29(35)33-18-16-24(17-19-33)20-28-22-34(23-32-28)30(25-10-4-1-5-11-25,26-12-6-2-7-13-26)27-14-8-3-9-15-27/h1-15,22-24H,16-21,31H2. The van der Waals surface area contributed by atoms with Gasteiger partial charge in [-0.05, 0) is 41.9 Å². The van der Waals surface area contributed by atoms with Crippen molar-refractivity contribution < 1.29 is 4.79 Å². The van der Waals surface area contributed by atoms with Gasteiger partial charge in [-0.25, -0.2) is 4.98 Å². The van der Waals surface area contributed by atoms with Gasteiger partial charge in [-0.15, -0.1) is 0 Å². The SMILES string of the molecule is NCC(=O)N1CCC(Cc2cn(C(c3ccccc3)(c3ccccc3)c3ccccc3)cn2)CC1. The molecule has 1 aromatic heterocycles. The number of rotatable bonds is 7. The number of imidazole rings is 1. The molecule has 0 bridgehead atoms. The summed E-state index contributed by atoms with van der Waals surface area (Å²) in [5.41, 5.74) is 9.66. The molecular formula is C30H32N4O. The summed E-state index contributed by atoms with van der Waals surface area (Å²) in [7, 11) is 0. The summed E-state index contributed by atoms with van der Waals surface area (Å²) >= 11 is 0. The molecule has 5 nitrogen and oxygen atoms in total. The van der Waals surface area contributed by atoms with Crippen LogP contribution in [0, 0.1) is 5.92 Å². The minimum absolute atomic E-state index is 0.0473. The zero-order valence-corrected chi connectivity index (χ0v) is 20.0. The number of carbonyl (C=O) groups excluding carboxylic acids is 1. The highest BCUT2D eigenvalue weighted by molar-refractivity contribution is 5.78. The number of nitrogens with zero attached hydrogens (tertiary/aromatic N) is 3. The van der Waals surface area contributed by atoms with Crippen molar-refractivity contribution in [3.05, 3.63) is 126 Å². The quantitative estimate of drug-likeness (QED) is 0.411. The number of carbonyl (C=O) groups is 1. The second kappa shape index (κ2) is 10.3. The Morgan fingerprint density at radius 3 is 1.77 bits per heavy atom. The van der Waals surface area contributed by atoms with E-state index in [2.05, 4.69) is 102 Å². The Balaban J connectivity index is 1.52. The second-order valence-corrected chi connectivity index (χ2v) is 9.31. The number of hydrogen-bond acceptors (Lipinski definition) is 3. The number of aromatic nitrogens is 2. The lowest BCUT2D eigenvalue weighted by molar-refractivity contribution is -0.131. The highest BCUT2D eigenvalue weighted by Crippen LogP contribution is 2.41. The summed E-state index contributed by atoms with van der Waals surface area (Å²) in [5, 5.41) is 0. The molecule has 35 heavy (non-hydrogen) atoms. The van der Waals surface area contributed by atoms with Gasteiger partial charge >= 0.3 is 0 Å². The van der Waals surface area contributed by atoms with Gasteiger partial charge in [-0.3, -0.25) is 4.79 Å². The first kappa shape index (κ1) is 23.1. The van der Waals surface area contributed by atoms with E-state index in [9.17, 15) is 4.79 Å². The number of benzene rings is 3. The first-order valence-electron chi connectivity index (χ1n) is 12.4. The van der Waals surface area contributed by atoms with E-state index in [1.165, 1.54) is 16.7 Å². The van der Waals surface area contributed by atoms with Gasteiger partial charge in [0, 0.05) is 19.3 Å². The molecule has 1 fully saturated rings. The van der Waals surface area contributed by atoms with Gasteiger partial charge in [0.2, 0.25) is 5.91 Å². The molecule has 2 N–H and O–H groups in total. The maximum atomic E-state index is 11.9. The van der Waals surface area contributed by atoms with Crippen molar-refractivity contribution in [1.29, 1.82) is 0 Å². The first-order valence-corrected chi connectivity index (χ1v) is 12.4. The molecule has 1 aliphatic rings. The van der Waals surface area contributed by atoms with Crippen LogP contribution in [0.2, 0.25) is 0 Å². The monoisotopic (exact) mass is 464 g/mol. The van der Waals surface area contributed by atoms with Crippen LogP contribution in [0.4, 0.5) is 0 Å². The molecule has 4 aromatic rings. The predicted octanol–water partition coefficient (Wildman–Crippen LogP) is 4.46. The molecule has 0 saturated carbocycles. The average Bonchev–Trinajstić information content (AvgIpc) is 3.39.